The highest BCUT2D eigenvalue weighted by Crippen LogP contribution is 2.37. The monoisotopic (exact) mass is 345 g/mol. The van der Waals surface area contributed by atoms with Crippen LogP contribution in [0.1, 0.15) is 51.0 Å². The van der Waals surface area contributed by atoms with Gasteiger partial charge in [-0.3, -0.25) is 0 Å². The molecule has 2 heterocycles. The Morgan fingerprint density at radius 3 is 2.92 bits per heavy atom. The summed E-state index contributed by atoms with van der Waals surface area (Å²) in [4.78, 5) is 5.72. The van der Waals surface area contributed by atoms with Crippen LogP contribution in [-0.4, -0.2) is 37.7 Å². The molecule has 2 fully saturated rings. The highest BCUT2D eigenvalue weighted by Gasteiger charge is 2.43. The third-order valence-electron chi connectivity index (χ3n) is 5.11. The van der Waals surface area contributed by atoms with E-state index in [0.717, 1.165) is 67.6 Å². The number of hydrogen-bond donors (Lipinski definition) is 0. The second kappa shape index (κ2) is 7.24. The largest absolute Gasteiger partial charge is 0.490 e. The molecule has 1 atom stereocenters. The van der Waals surface area contributed by atoms with Crippen molar-refractivity contribution in [2.24, 2.45) is 11.1 Å². The first-order valence-corrected chi connectivity index (χ1v) is 9.51. The third kappa shape index (κ3) is 3.92. The lowest BCUT2D eigenvalue weighted by Gasteiger charge is -2.17. The molecule has 0 bridgehead atoms. The van der Waals surface area contributed by atoms with Crippen LogP contribution in [0.4, 0.5) is 0 Å². The van der Waals surface area contributed by atoms with Gasteiger partial charge in [-0.2, -0.15) is 0 Å². The number of nitrogens with zero attached hydrogens (tertiary/aromatic N) is 1. The summed E-state index contributed by atoms with van der Waals surface area (Å²) >= 11 is 0. The summed E-state index contributed by atoms with van der Waals surface area (Å²) in [5.74, 6) is 2.38. The topological polar surface area (TPSA) is 49.3 Å². The van der Waals surface area contributed by atoms with E-state index in [-0.39, 0.29) is 5.60 Å². The summed E-state index contributed by atoms with van der Waals surface area (Å²) in [6.45, 7) is 5.04. The van der Waals surface area contributed by atoms with Crippen LogP contribution >= 0.6 is 0 Å². The molecule has 0 radical (unpaired) electrons. The summed E-state index contributed by atoms with van der Waals surface area (Å²) < 4.78 is 17.5. The molecule has 1 aromatic carbocycles. The molecule has 1 aromatic rings. The Hall–Kier alpha value is -1.75. The first-order valence-electron chi connectivity index (χ1n) is 9.51. The lowest BCUT2D eigenvalue weighted by atomic mass is 9.93. The molecule has 5 heteroatoms. The Balaban J connectivity index is 1.48. The molecule has 1 spiro atoms. The quantitative estimate of drug-likeness (QED) is 0.670. The van der Waals surface area contributed by atoms with Crippen LogP contribution in [0.15, 0.2) is 23.4 Å². The van der Waals surface area contributed by atoms with E-state index in [2.05, 4.69) is 24.2 Å². The summed E-state index contributed by atoms with van der Waals surface area (Å²) in [5, 5.41) is 4.33. The van der Waals surface area contributed by atoms with Gasteiger partial charge >= 0.3 is 0 Å². The fourth-order valence-corrected chi connectivity index (χ4v) is 3.21. The SMILES string of the molecule is CCCCOc1cc(C2=NOC3(CCOC3)C2)ccc1OCC1CC1. The number of rotatable bonds is 8. The van der Waals surface area contributed by atoms with Gasteiger partial charge in [0.15, 0.2) is 17.1 Å². The minimum atomic E-state index is -0.250. The molecule has 1 saturated heterocycles. The second-order valence-corrected chi connectivity index (χ2v) is 7.41. The fraction of sp³-hybridized carbons (Fsp3) is 0.650. The molecule has 1 saturated carbocycles. The maximum Gasteiger partial charge on any atom is 0.168 e. The maximum atomic E-state index is 6.00. The molecule has 0 amide bonds. The van der Waals surface area contributed by atoms with Gasteiger partial charge in [0.05, 0.1) is 32.1 Å². The average Bonchev–Trinajstić information content (AvgIpc) is 3.20. The lowest BCUT2D eigenvalue weighted by molar-refractivity contribution is -0.0237. The highest BCUT2D eigenvalue weighted by molar-refractivity contribution is 6.02. The Kier molecular flexibility index (Phi) is 4.84. The second-order valence-electron chi connectivity index (χ2n) is 7.41. The Labute approximate surface area is 149 Å². The summed E-state index contributed by atoms with van der Waals surface area (Å²) in [6, 6.07) is 6.12. The van der Waals surface area contributed by atoms with Gasteiger partial charge in [0.2, 0.25) is 0 Å². The Bertz CT molecular complexity index is 633. The molecule has 136 valence electrons. The van der Waals surface area contributed by atoms with Crippen molar-refractivity contribution in [3.63, 3.8) is 0 Å². The zero-order valence-corrected chi connectivity index (χ0v) is 15.0. The predicted molar refractivity (Wildman–Crippen MR) is 95.5 cm³/mol. The molecular formula is C20H27NO4. The van der Waals surface area contributed by atoms with E-state index in [1.54, 1.807) is 0 Å². The molecule has 1 unspecified atom stereocenters. The van der Waals surface area contributed by atoms with Gasteiger partial charge in [0, 0.05) is 18.4 Å². The molecule has 25 heavy (non-hydrogen) atoms. The van der Waals surface area contributed by atoms with Gasteiger partial charge < -0.3 is 19.0 Å². The predicted octanol–water partition coefficient (Wildman–Crippen LogP) is 3.94. The molecule has 4 rings (SSSR count). The highest BCUT2D eigenvalue weighted by atomic mass is 16.7. The van der Waals surface area contributed by atoms with E-state index in [1.807, 2.05) is 6.07 Å². The number of hydrogen-bond acceptors (Lipinski definition) is 5. The number of oxime groups is 1. The van der Waals surface area contributed by atoms with Crippen molar-refractivity contribution in [2.75, 3.05) is 26.4 Å². The van der Waals surface area contributed by atoms with Crippen LogP contribution in [0.3, 0.4) is 0 Å². The van der Waals surface area contributed by atoms with E-state index in [9.17, 15) is 0 Å². The molecule has 5 nitrogen and oxygen atoms in total. The molecule has 2 aliphatic heterocycles. The zero-order valence-electron chi connectivity index (χ0n) is 15.0. The Morgan fingerprint density at radius 2 is 2.16 bits per heavy atom. The van der Waals surface area contributed by atoms with Crippen molar-refractivity contribution >= 4 is 5.71 Å². The summed E-state index contributed by atoms with van der Waals surface area (Å²) in [6.07, 6.45) is 6.41. The van der Waals surface area contributed by atoms with Crippen LogP contribution in [0, 0.1) is 5.92 Å². The molecule has 0 N–H and O–H groups in total. The van der Waals surface area contributed by atoms with Gasteiger partial charge in [-0.25, -0.2) is 0 Å². The summed E-state index contributed by atoms with van der Waals surface area (Å²) in [7, 11) is 0. The van der Waals surface area contributed by atoms with Crippen molar-refractivity contribution in [3.8, 4) is 11.5 Å². The normalized spacial score (nSPS) is 25.1. The van der Waals surface area contributed by atoms with Crippen molar-refractivity contribution < 1.29 is 19.0 Å². The van der Waals surface area contributed by atoms with Crippen molar-refractivity contribution in [2.45, 2.75) is 51.0 Å². The van der Waals surface area contributed by atoms with Gasteiger partial charge in [0.25, 0.3) is 0 Å². The molecule has 1 aliphatic carbocycles. The first kappa shape index (κ1) is 16.7. The van der Waals surface area contributed by atoms with E-state index in [1.165, 1.54) is 12.8 Å². The Morgan fingerprint density at radius 1 is 1.24 bits per heavy atom. The van der Waals surface area contributed by atoms with Crippen molar-refractivity contribution in [1.82, 2.24) is 0 Å². The average molecular weight is 345 g/mol. The standard InChI is InChI=1S/C20H27NO4/c1-2-3-9-23-19-11-16(6-7-18(19)24-13-15-4-5-15)17-12-20(25-21-17)8-10-22-14-20/h6-7,11,15H,2-5,8-10,12-14H2,1H3. The number of benzene rings is 1. The van der Waals surface area contributed by atoms with Crippen molar-refractivity contribution in [3.05, 3.63) is 23.8 Å². The lowest BCUT2D eigenvalue weighted by Crippen LogP contribution is -2.29. The molecule has 3 aliphatic rings. The fourth-order valence-electron chi connectivity index (χ4n) is 3.21. The van der Waals surface area contributed by atoms with Gasteiger partial charge in [0.1, 0.15) is 0 Å². The zero-order chi connectivity index (χ0) is 17.1. The van der Waals surface area contributed by atoms with Crippen molar-refractivity contribution in [1.29, 1.82) is 0 Å². The van der Waals surface area contributed by atoms with Crippen LogP contribution in [0.2, 0.25) is 0 Å². The number of unbranched alkanes of at least 4 members (excludes halogenated alkanes) is 1. The van der Waals surface area contributed by atoms with E-state index in [0.29, 0.717) is 13.2 Å². The minimum Gasteiger partial charge on any atom is -0.490 e. The van der Waals surface area contributed by atoms with Gasteiger partial charge in [-0.15, -0.1) is 0 Å². The van der Waals surface area contributed by atoms with E-state index >= 15 is 0 Å². The summed E-state index contributed by atoms with van der Waals surface area (Å²) in [5.41, 5.74) is 1.77. The van der Waals surface area contributed by atoms with Gasteiger partial charge in [-0.05, 0) is 43.4 Å². The maximum absolute atomic E-state index is 6.00. The minimum absolute atomic E-state index is 0.250. The van der Waals surface area contributed by atoms with Crippen LogP contribution in [0.5, 0.6) is 11.5 Å². The first-order chi connectivity index (χ1) is 12.3. The van der Waals surface area contributed by atoms with Crippen LogP contribution < -0.4 is 9.47 Å². The van der Waals surface area contributed by atoms with E-state index < -0.39 is 0 Å². The molecule has 0 aromatic heterocycles. The van der Waals surface area contributed by atoms with Crippen LogP contribution in [0.25, 0.3) is 0 Å². The third-order valence-corrected chi connectivity index (χ3v) is 5.11. The van der Waals surface area contributed by atoms with Gasteiger partial charge in [-0.1, -0.05) is 18.5 Å². The van der Waals surface area contributed by atoms with E-state index in [4.69, 9.17) is 19.0 Å². The number of ether oxygens (including phenoxy) is 3. The molecular weight excluding hydrogens is 318 g/mol. The smallest absolute Gasteiger partial charge is 0.168 e. The van der Waals surface area contributed by atoms with Crippen LogP contribution in [-0.2, 0) is 9.57 Å².